The minimum absolute atomic E-state index is 0.114. The van der Waals surface area contributed by atoms with E-state index in [0.29, 0.717) is 18.6 Å². The van der Waals surface area contributed by atoms with Gasteiger partial charge in [0.2, 0.25) is 5.91 Å². The first kappa shape index (κ1) is 15.3. The second-order valence-electron chi connectivity index (χ2n) is 4.65. The Morgan fingerprint density at radius 1 is 1.24 bits per heavy atom. The van der Waals surface area contributed by atoms with E-state index in [4.69, 9.17) is 4.74 Å². The molecule has 0 radical (unpaired) electrons. The van der Waals surface area contributed by atoms with Crippen molar-refractivity contribution in [2.75, 3.05) is 6.54 Å². The molecule has 0 fully saturated rings. The van der Waals surface area contributed by atoms with Crippen LogP contribution in [-0.4, -0.2) is 18.4 Å². The molecule has 1 aromatic carbocycles. The van der Waals surface area contributed by atoms with E-state index in [9.17, 15) is 9.59 Å². The van der Waals surface area contributed by atoms with Gasteiger partial charge in [-0.15, -0.1) is 11.3 Å². The van der Waals surface area contributed by atoms with E-state index in [-0.39, 0.29) is 12.5 Å². The molecule has 2 aromatic rings. The SMILES string of the molecule is Cc1cccc(OC(=O)CNC(=O)CCc2cccs2)c1. The number of nitrogens with one attached hydrogen (secondary N) is 1. The van der Waals surface area contributed by atoms with Gasteiger partial charge in [0.05, 0.1) is 0 Å². The Labute approximate surface area is 127 Å². The lowest BCUT2D eigenvalue weighted by Gasteiger charge is -2.06. The molecule has 0 unspecified atom stereocenters. The first-order valence-electron chi connectivity index (χ1n) is 6.70. The Bertz CT molecular complexity index is 608. The van der Waals surface area contributed by atoms with Gasteiger partial charge in [-0.2, -0.15) is 0 Å². The van der Waals surface area contributed by atoms with Gasteiger partial charge < -0.3 is 10.1 Å². The van der Waals surface area contributed by atoms with E-state index in [1.807, 2.05) is 36.6 Å². The van der Waals surface area contributed by atoms with Crippen LogP contribution in [0.3, 0.4) is 0 Å². The average Bonchev–Trinajstić information content (AvgIpc) is 2.96. The first-order chi connectivity index (χ1) is 10.1. The van der Waals surface area contributed by atoms with Crippen LogP contribution in [0.5, 0.6) is 5.75 Å². The fraction of sp³-hybridized carbons (Fsp3) is 0.250. The predicted molar refractivity (Wildman–Crippen MR) is 82.5 cm³/mol. The summed E-state index contributed by atoms with van der Waals surface area (Å²) in [5, 5.41) is 4.55. The summed E-state index contributed by atoms with van der Waals surface area (Å²) in [6.07, 6.45) is 1.06. The van der Waals surface area contributed by atoms with Crippen LogP contribution in [-0.2, 0) is 16.0 Å². The number of rotatable bonds is 6. The fourth-order valence-electron chi connectivity index (χ4n) is 1.80. The van der Waals surface area contributed by atoms with Gasteiger partial charge in [0.15, 0.2) is 0 Å². The average molecular weight is 303 g/mol. The van der Waals surface area contributed by atoms with Crippen molar-refractivity contribution in [2.45, 2.75) is 19.8 Å². The summed E-state index contributed by atoms with van der Waals surface area (Å²) in [5.74, 6) is -0.123. The Kier molecular flexibility index (Phi) is 5.51. The zero-order chi connectivity index (χ0) is 15.1. The first-order valence-corrected chi connectivity index (χ1v) is 7.58. The van der Waals surface area contributed by atoms with Crippen LogP contribution in [0, 0.1) is 6.92 Å². The number of hydrogen-bond donors (Lipinski definition) is 1. The Morgan fingerprint density at radius 3 is 2.81 bits per heavy atom. The van der Waals surface area contributed by atoms with Gasteiger partial charge in [0, 0.05) is 11.3 Å². The van der Waals surface area contributed by atoms with Crippen LogP contribution in [0.2, 0.25) is 0 Å². The molecule has 110 valence electrons. The summed E-state index contributed by atoms with van der Waals surface area (Å²) < 4.78 is 5.14. The molecule has 0 bridgehead atoms. The molecule has 0 saturated heterocycles. The Balaban J connectivity index is 1.69. The number of amides is 1. The van der Waals surface area contributed by atoms with Gasteiger partial charge >= 0.3 is 5.97 Å². The molecule has 1 N–H and O–H groups in total. The lowest BCUT2D eigenvalue weighted by molar-refractivity contribution is -0.135. The summed E-state index contributed by atoms with van der Waals surface area (Å²) in [7, 11) is 0. The molecule has 5 heteroatoms. The number of carbonyl (C=O) groups excluding carboxylic acids is 2. The number of carbonyl (C=O) groups is 2. The highest BCUT2D eigenvalue weighted by atomic mass is 32.1. The number of hydrogen-bond acceptors (Lipinski definition) is 4. The molecule has 2 rings (SSSR count). The highest BCUT2D eigenvalue weighted by molar-refractivity contribution is 7.09. The minimum Gasteiger partial charge on any atom is -0.425 e. The van der Waals surface area contributed by atoms with Gasteiger partial charge in [-0.25, -0.2) is 4.79 Å². The normalized spacial score (nSPS) is 10.1. The van der Waals surface area contributed by atoms with Crippen molar-refractivity contribution in [3.05, 3.63) is 52.2 Å². The van der Waals surface area contributed by atoms with Crippen LogP contribution in [0.25, 0.3) is 0 Å². The molecular weight excluding hydrogens is 286 g/mol. The van der Waals surface area contributed by atoms with Gasteiger partial charge in [-0.05, 0) is 42.5 Å². The molecule has 0 spiro atoms. The van der Waals surface area contributed by atoms with Gasteiger partial charge in [0.1, 0.15) is 12.3 Å². The van der Waals surface area contributed by atoms with E-state index in [1.54, 1.807) is 23.5 Å². The number of benzene rings is 1. The van der Waals surface area contributed by atoms with Crippen LogP contribution >= 0.6 is 11.3 Å². The lowest BCUT2D eigenvalue weighted by atomic mass is 10.2. The molecule has 1 amide bonds. The van der Waals surface area contributed by atoms with E-state index in [0.717, 1.165) is 10.4 Å². The Hall–Kier alpha value is -2.14. The summed E-state index contributed by atoms with van der Waals surface area (Å²) in [5.41, 5.74) is 1.01. The monoisotopic (exact) mass is 303 g/mol. The third-order valence-corrected chi connectivity index (χ3v) is 3.77. The second kappa shape index (κ2) is 7.59. The van der Waals surface area contributed by atoms with Crippen LogP contribution in [0.15, 0.2) is 41.8 Å². The second-order valence-corrected chi connectivity index (χ2v) is 5.68. The van der Waals surface area contributed by atoms with Crippen LogP contribution in [0.4, 0.5) is 0 Å². The molecule has 0 aliphatic carbocycles. The zero-order valence-electron chi connectivity index (χ0n) is 11.8. The quantitative estimate of drug-likeness (QED) is 0.659. The van der Waals surface area contributed by atoms with Crippen molar-refractivity contribution in [3.63, 3.8) is 0 Å². The van der Waals surface area contributed by atoms with Crippen LogP contribution < -0.4 is 10.1 Å². The topological polar surface area (TPSA) is 55.4 Å². The maximum atomic E-state index is 11.6. The van der Waals surface area contributed by atoms with E-state index in [1.165, 1.54) is 0 Å². The van der Waals surface area contributed by atoms with Gasteiger partial charge in [-0.3, -0.25) is 4.79 Å². The number of esters is 1. The number of ether oxygens (including phenoxy) is 1. The molecule has 0 atom stereocenters. The Morgan fingerprint density at radius 2 is 2.10 bits per heavy atom. The molecular formula is C16H17NO3S. The molecule has 1 aromatic heterocycles. The lowest BCUT2D eigenvalue weighted by Crippen LogP contribution is -2.31. The van der Waals surface area contributed by atoms with Crippen LogP contribution in [0.1, 0.15) is 16.9 Å². The summed E-state index contributed by atoms with van der Waals surface area (Å²) in [4.78, 5) is 24.4. The van der Waals surface area contributed by atoms with Crippen molar-refractivity contribution in [2.24, 2.45) is 0 Å². The smallest absolute Gasteiger partial charge is 0.330 e. The summed E-state index contributed by atoms with van der Waals surface area (Å²) >= 11 is 1.62. The number of aryl methyl sites for hydroxylation is 2. The summed E-state index contributed by atoms with van der Waals surface area (Å²) in [6, 6.07) is 11.2. The summed E-state index contributed by atoms with van der Waals surface area (Å²) in [6.45, 7) is 1.81. The minimum atomic E-state index is -0.468. The third kappa shape index (κ3) is 5.39. The van der Waals surface area contributed by atoms with Crippen molar-refractivity contribution in [1.82, 2.24) is 5.32 Å². The largest absolute Gasteiger partial charge is 0.425 e. The fourth-order valence-corrected chi connectivity index (χ4v) is 2.51. The molecule has 0 aliphatic rings. The third-order valence-electron chi connectivity index (χ3n) is 2.83. The van der Waals surface area contributed by atoms with Crippen molar-refractivity contribution >= 4 is 23.2 Å². The van der Waals surface area contributed by atoms with Gasteiger partial charge in [-0.1, -0.05) is 18.2 Å². The van der Waals surface area contributed by atoms with Crippen molar-refractivity contribution in [1.29, 1.82) is 0 Å². The predicted octanol–water partition coefficient (Wildman–Crippen LogP) is 2.71. The molecule has 0 aliphatic heterocycles. The molecule has 21 heavy (non-hydrogen) atoms. The van der Waals surface area contributed by atoms with E-state index in [2.05, 4.69) is 5.32 Å². The van der Waals surface area contributed by atoms with Gasteiger partial charge in [0.25, 0.3) is 0 Å². The molecule has 0 saturated carbocycles. The van der Waals surface area contributed by atoms with Crippen molar-refractivity contribution < 1.29 is 14.3 Å². The highest BCUT2D eigenvalue weighted by Crippen LogP contribution is 2.12. The maximum absolute atomic E-state index is 11.6. The highest BCUT2D eigenvalue weighted by Gasteiger charge is 2.08. The van der Waals surface area contributed by atoms with Crippen molar-refractivity contribution in [3.8, 4) is 5.75 Å². The molecule has 1 heterocycles. The van der Waals surface area contributed by atoms with E-state index >= 15 is 0 Å². The zero-order valence-corrected chi connectivity index (χ0v) is 12.6. The standard InChI is InChI=1S/C16H17NO3S/c1-12-4-2-5-13(10-12)20-16(19)11-17-15(18)8-7-14-6-3-9-21-14/h2-6,9-10H,7-8,11H2,1H3,(H,17,18). The van der Waals surface area contributed by atoms with E-state index < -0.39 is 5.97 Å². The maximum Gasteiger partial charge on any atom is 0.330 e. The molecule has 4 nitrogen and oxygen atoms in total. The number of thiophene rings is 1.